The SMILES string of the molecule is C=CC(=O)N1CC[C@H](F)[C@H](Oc2nc(Cl)nc3[nH]ccc23)C1. The number of hydrogen-bond donors (Lipinski definition) is 1. The Morgan fingerprint density at radius 2 is 2.41 bits per heavy atom. The lowest BCUT2D eigenvalue weighted by Gasteiger charge is -2.34. The maximum atomic E-state index is 14.1. The van der Waals surface area contributed by atoms with E-state index >= 15 is 0 Å². The van der Waals surface area contributed by atoms with Gasteiger partial charge in [-0.25, -0.2) is 4.39 Å². The minimum Gasteiger partial charge on any atom is -0.469 e. The molecule has 8 heteroatoms. The number of hydrogen-bond acceptors (Lipinski definition) is 4. The minimum absolute atomic E-state index is 0.00944. The summed E-state index contributed by atoms with van der Waals surface area (Å²) in [5, 5.41) is 0.624. The van der Waals surface area contributed by atoms with Gasteiger partial charge in [0.25, 0.3) is 0 Å². The number of rotatable bonds is 3. The van der Waals surface area contributed by atoms with Gasteiger partial charge in [-0.1, -0.05) is 6.58 Å². The average molecular weight is 325 g/mol. The van der Waals surface area contributed by atoms with Crippen LogP contribution in [0.3, 0.4) is 0 Å². The van der Waals surface area contributed by atoms with E-state index in [1.54, 1.807) is 12.3 Å². The van der Waals surface area contributed by atoms with Crippen molar-refractivity contribution in [3.8, 4) is 5.88 Å². The maximum absolute atomic E-state index is 14.1. The molecule has 3 heterocycles. The zero-order chi connectivity index (χ0) is 15.7. The zero-order valence-corrected chi connectivity index (χ0v) is 12.4. The summed E-state index contributed by atoms with van der Waals surface area (Å²) in [4.78, 5) is 24.1. The van der Waals surface area contributed by atoms with Gasteiger partial charge in [0.1, 0.15) is 17.9 Å². The highest BCUT2D eigenvalue weighted by molar-refractivity contribution is 6.28. The van der Waals surface area contributed by atoms with Gasteiger partial charge in [-0.05, 0) is 30.2 Å². The quantitative estimate of drug-likeness (QED) is 0.693. The first-order valence-corrected chi connectivity index (χ1v) is 7.19. The van der Waals surface area contributed by atoms with E-state index in [0.29, 0.717) is 17.6 Å². The van der Waals surface area contributed by atoms with Crippen LogP contribution in [0.2, 0.25) is 5.28 Å². The van der Waals surface area contributed by atoms with Crippen molar-refractivity contribution in [2.24, 2.45) is 0 Å². The van der Waals surface area contributed by atoms with Crippen LogP contribution in [-0.4, -0.2) is 51.1 Å². The van der Waals surface area contributed by atoms with Gasteiger partial charge >= 0.3 is 0 Å². The standard InChI is InChI=1S/C14H14ClFN4O2/c1-2-11(21)20-6-4-9(16)10(7-20)22-13-8-3-5-17-12(8)18-14(15)19-13/h2-3,5,9-10H,1,4,6-7H2,(H,17,18,19)/t9-,10+/m0/s1. The summed E-state index contributed by atoms with van der Waals surface area (Å²) in [6.07, 6.45) is 1.10. The number of H-pyrrole nitrogens is 1. The van der Waals surface area contributed by atoms with Crippen LogP contribution < -0.4 is 4.74 Å². The van der Waals surface area contributed by atoms with Gasteiger partial charge < -0.3 is 14.6 Å². The first-order valence-electron chi connectivity index (χ1n) is 6.81. The first-order chi connectivity index (χ1) is 10.6. The predicted molar refractivity (Wildman–Crippen MR) is 79.6 cm³/mol. The fourth-order valence-electron chi connectivity index (χ4n) is 2.45. The second-order valence-corrected chi connectivity index (χ2v) is 5.33. The summed E-state index contributed by atoms with van der Waals surface area (Å²) in [6, 6.07) is 1.73. The lowest BCUT2D eigenvalue weighted by atomic mass is 10.1. The molecule has 0 spiro atoms. The third-order valence-electron chi connectivity index (χ3n) is 3.58. The number of amides is 1. The van der Waals surface area contributed by atoms with Crippen LogP contribution in [0.25, 0.3) is 11.0 Å². The number of likely N-dealkylation sites (tertiary alicyclic amines) is 1. The molecule has 1 saturated heterocycles. The predicted octanol–water partition coefficient (Wildman–Crippen LogP) is 2.12. The molecule has 2 atom stereocenters. The molecule has 0 aliphatic carbocycles. The highest BCUT2D eigenvalue weighted by atomic mass is 35.5. The highest BCUT2D eigenvalue weighted by Crippen LogP contribution is 2.27. The summed E-state index contributed by atoms with van der Waals surface area (Å²) in [5.74, 6) is -0.0372. The molecule has 1 aliphatic rings. The molecule has 2 aromatic rings. The molecular weight excluding hydrogens is 311 g/mol. The minimum atomic E-state index is -1.18. The van der Waals surface area contributed by atoms with Crippen LogP contribution in [0.4, 0.5) is 4.39 Å². The molecule has 0 radical (unpaired) electrons. The topological polar surface area (TPSA) is 71.1 Å². The maximum Gasteiger partial charge on any atom is 0.246 e. The van der Waals surface area contributed by atoms with E-state index in [1.807, 2.05) is 0 Å². The molecular formula is C14H14ClFN4O2. The summed E-state index contributed by atoms with van der Waals surface area (Å²) < 4.78 is 19.8. The molecule has 0 aromatic carbocycles. The number of nitrogens with zero attached hydrogens (tertiary/aromatic N) is 3. The molecule has 22 heavy (non-hydrogen) atoms. The highest BCUT2D eigenvalue weighted by Gasteiger charge is 2.33. The number of ether oxygens (including phenoxy) is 1. The molecule has 1 amide bonds. The van der Waals surface area contributed by atoms with Crippen molar-refractivity contribution in [3.63, 3.8) is 0 Å². The molecule has 0 bridgehead atoms. The Labute approximate surface area is 130 Å². The van der Waals surface area contributed by atoms with Crippen molar-refractivity contribution in [1.29, 1.82) is 0 Å². The molecule has 3 rings (SSSR count). The fraction of sp³-hybridized carbons (Fsp3) is 0.357. The number of halogens is 2. The second kappa shape index (κ2) is 5.92. The number of fused-ring (bicyclic) bond motifs is 1. The number of nitrogens with one attached hydrogen (secondary N) is 1. The number of aromatic nitrogens is 3. The van der Waals surface area contributed by atoms with Gasteiger partial charge in [0, 0.05) is 12.7 Å². The number of piperidine rings is 1. The molecule has 0 unspecified atom stereocenters. The van der Waals surface area contributed by atoms with Crippen LogP contribution in [0.5, 0.6) is 5.88 Å². The van der Waals surface area contributed by atoms with Gasteiger partial charge in [-0.3, -0.25) is 4.79 Å². The van der Waals surface area contributed by atoms with E-state index in [2.05, 4.69) is 21.5 Å². The summed E-state index contributed by atoms with van der Waals surface area (Å²) >= 11 is 5.84. The van der Waals surface area contributed by atoms with E-state index in [0.717, 1.165) is 0 Å². The monoisotopic (exact) mass is 324 g/mol. The van der Waals surface area contributed by atoms with Crippen LogP contribution in [0.15, 0.2) is 24.9 Å². The largest absolute Gasteiger partial charge is 0.469 e. The normalized spacial score (nSPS) is 21.8. The van der Waals surface area contributed by atoms with Crippen LogP contribution in [-0.2, 0) is 4.79 Å². The Hall–Kier alpha value is -2.15. The van der Waals surface area contributed by atoms with Crippen molar-refractivity contribution in [2.45, 2.75) is 18.7 Å². The number of aromatic amines is 1. The van der Waals surface area contributed by atoms with Crippen LogP contribution in [0, 0.1) is 0 Å². The van der Waals surface area contributed by atoms with Gasteiger partial charge in [-0.2, -0.15) is 9.97 Å². The Morgan fingerprint density at radius 1 is 1.59 bits per heavy atom. The summed E-state index contributed by atoms with van der Waals surface area (Å²) in [5.41, 5.74) is 0.514. The molecule has 1 N–H and O–H groups in total. The molecule has 116 valence electrons. The number of carbonyl (C=O) groups excluding carboxylic acids is 1. The summed E-state index contributed by atoms with van der Waals surface area (Å²) in [6.45, 7) is 3.92. The molecule has 2 aromatic heterocycles. The van der Waals surface area contributed by atoms with Crippen molar-refractivity contribution >= 4 is 28.5 Å². The number of carbonyl (C=O) groups is 1. The Morgan fingerprint density at radius 3 is 3.18 bits per heavy atom. The third-order valence-corrected chi connectivity index (χ3v) is 3.75. The average Bonchev–Trinajstić information content (AvgIpc) is 2.97. The smallest absolute Gasteiger partial charge is 0.246 e. The van der Waals surface area contributed by atoms with E-state index < -0.39 is 12.3 Å². The molecule has 0 saturated carbocycles. The van der Waals surface area contributed by atoms with Gasteiger partial charge in [-0.15, -0.1) is 0 Å². The van der Waals surface area contributed by atoms with Crippen LogP contribution >= 0.6 is 11.6 Å². The third kappa shape index (κ3) is 2.76. The van der Waals surface area contributed by atoms with Gasteiger partial charge in [0.05, 0.1) is 11.9 Å². The molecule has 1 aliphatic heterocycles. The Bertz CT molecular complexity index is 720. The van der Waals surface area contributed by atoms with Crippen molar-refractivity contribution < 1.29 is 13.9 Å². The molecule has 6 nitrogen and oxygen atoms in total. The Balaban J connectivity index is 1.85. The Kier molecular flexibility index (Phi) is 3.98. The number of alkyl halides is 1. The van der Waals surface area contributed by atoms with Gasteiger partial charge in [0.15, 0.2) is 0 Å². The lowest BCUT2D eigenvalue weighted by Crippen LogP contribution is -2.49. The van der Waals surface area contributed by atoms with E-state index in [1.165, 1.54) is 11.0 Å². The molecule has 1 fully saturated rings. The first kappa shape index (κ1) is 14.8. The van der Waals surface area contributed by atoms with Gasteiger partial charge in [0.2, 0.25) is 17.1 Å². The summed E-state index contributed by atoms with van der Waals surface area (Å²) in [7, 11) is 0. The van der Waals surface area contributed by atoms with Crippen molar-refractivity contribution in [1.82, 2.24) is 19.9 Å². The van der Waals surface area contributed by atoms with E-state index in [-0.39, 0.29) is 30.0 Å². The fourth-order valence-corrected chi connectivity index (χ4v) is 2.61. The zero-order valence-electron chi connectivity index (χ0n) is 11.6. The van der Waals surface area contributed by atoms with Crippen LogP contribution in [0.1, 0.15) is 6.42 Å². The second-order valence-electron chi connectivity index (χ2n) is 4.99. The van der Waals surface area contributed by atoms with E-state index in [9.17, 15) is 9.18 Å². The van der Waals surface area contributed by atoms with Crippen molar-refractivity contribution in [2.75, 3.05) is 13.1 Å². The van der Waals surface area contributed by atoms with E-state index in [4.69, 9.17) is 16.3 Å². The van der Waals surface area contributed by atoms with Crippen molar-refractivity contribution in [3.05, 3.63) is 30.2 Å². The lowest BCUT2D eigenvalue weighted by molar-refractivity contribution is -0.130.